The van der Waals surface area contributed by atoms with E-state index in [0.717, 1.165) is 18.1 Å². The Morgan fingerprint density at radius 3 is 2.72 bits per heavy atom. The molecule has 2 heterocycles. The Kier molecular flexibility index (Phi) is 3.71. The maximum Gasteiger partial charge on any atom is 0.173 e. The first-order valence-electron chi connectivity index (χ1n) is 6.08. The molecule has 0 fully saturated rings. The monoisotopic (exact) mass is 249 g/mol. The van der Waals surface area contributed by atoms with E-state index in [0.29, 0.717) is 5.92 Å². The van der Waals surface area contributed by atoms with Gasteiger partial charge in [0, 0.05) is 7.05 Å². The van der Waals surface area contributed by atoms with E-state index >= 15 is 0 Å². The van der Waals surface area contributed by atoms with E-state index in [9.17, 15) is 0 Å². The van der Waals surface area contributed by atoms with Gasteiger partial charge in [0.15, 0.2) is 5.82 Å². The fourth-order valence-corrected chi connectivity index (χ4v) is 1.67. The lowest BCUT2D eigenvalue weighted by molar-refractivity contribution is 0.475. The van der Waals surface area contributed by atoms with Crippen LogP contribution in [0, 0.1) is 5.92 Å². The van der Waals surface area contributed by atoms with Crippen LogP contribution in [0.4, 0.5) is 0 Å². The number of hydrogen-bond acceptors (Lipinski definition) is 5. The molecule has 0 saturated carbocycles. The minimum Gasteiger partial charge on any atom is -0.307 e. The first-order chi connectivity index (χ1) is 8.58. The van der Waals surface area contributed by atoms with E-state index in [1.165, 1.54) is 0 Å². The molecule has 2 rings (SSSR count). The Bertz CT molecular complexity index is 499. The lowest BCUT2D eigenvalue weighted by atomic mass is 10.2. The second-order valence-corrected chi connectivity index (χ2v) is 4.84. The molecule has 0 radical (unpaired) electrons. The van der Waals surface area contributed by atoms with Gasteiger partial charge < -0.3 is 5.32 Å². The third-order valence-electron chi connectivity index (χ3n) is 2.65. The average Bonchev–Trinajstić information content (AvgIpc) is 2.93. The molecule has 1 unspecified atom stereocenters. The van der Waals surface area contributed by atoms with Crippen LogP contribution in [0.5, 0.6) is 0 Å². The number of aromatic nitrogens is 6. The Labute approximate surface area is 106 Å². The highest BCUT2D eigenvalue weighted by Gasteiger charge is 2.16. The molecule has 7 heteroatoms. The van der Waals surface area contributed by atoms with Crippen molar-refractivity contribution in [2.75, 3.05) is 6.54 Å². The summed E-state index contributed by atoms with van der Waals surface area (Å²) in [6.45, 7) is 7.33. The standard InChI is InChI=1S/C11H19N7/c1-8(2)5-12-9(3)11-14-15-16-18(11)10-6-13-17(4)7-10/h6-9,12H,5H2,1-4H3. The number of nitrogens with one attached hydrogen (secondary N) is 1. The molecule has 0 spiro atoms. The van der Waals surface area contributed by atoms with Gasteiger partial charge in [0.05, 0.1) is 18.4 Å². The molecule has 98 valence electrons. The Morgan fingerprint density at radius 1 is 1.33 bits per heavy atom. The van der Waals surface area contributed by atoms with E-state index < -0.39 is 0 Å². The highest BCUT2D eigenvalue weighted by atomic mass is 15.6. The van der Waals surface area contributed by atoms with Gasteiger partial charge in [0.2, 0.25) is 0 Å². The van der Waals surface area contributed by atoms with E-state index in [1.54, 1.807) is 15.6 Å². The quantitative estimate of drug-likeness (QED) is 0.844. The minimum atomic E-state index is 0.0996. The van der Waals surface area contributed by atoms with Gasteiger partial charge in [-0.15, -0.1) is 5.10 Å². The second-order valence-electron chi connectivity index (χ2n) is 4.84. The first-order valence-corrected chi connectivity index (χ1v) is 6.08. The molecule has 7 nitrogen and oxygen atoms in total. The number of nitrogens with zero attached hydrogens (tertiary/aromatic N) is 6. The fraction of sp³-hybridized carbons (Fsp3) is 0.636. The van der Waals surface area contributed by atoms with Crippen LogP contribution in [0.15, 0.2) is 12.4 Å². The Morgan fingerprint density at radius 2 is 2.11 bits per heavy atom. The summed E-state index contributed by atoms with van der Waals surface area (Å²) in [7, 11) is 1.87. The van der Waals surface area contributed by atoms with Gasteiger partial charge in [-0.1, -0.05) is 13.8 Å². The maximum atomic E-state index is 4.13. The Hall–Kier alpha value is -1.76. The van der Waals surface area contributed by atoms with Gasteiger partial charge in [-0.25, -0.2) is 0 Å². The normalized spacial score (nSPS) is 13.2. The van der Waals surface area contributed by atoms with Crippen molar-refractivity contribution in [2.45, 2.75) is 26.8 Å². The topological polar surface area (TPSA) is 73.5 Å². The number of tetrazole rings is 1. The average molecular weight is 249 g/mol. The minimum absolute atomic E-state index is 0.0996. The fourth-order valence-electron chi connectivity index (χ4n) is 1.67. The molecule has 2 aromatic heterocycles. The van der Waals surface area contributed by atoms with E-state index in [2.05, 4.69) is 46.7 Å². The molecule has 0 amide bonds. The summed E-state index contributed by atoms with van der Waals surface area (Å²) in [5.74, 6) is 1.39. The van der Waals surface area contributed by atoms with Crippen LogP contribution >= 0.6 is 0 Å². The van der Waals surface area contributed by atoms with Gasteiger partial charge in [-0.05, 0) is 29.8 Å². The number of hydrogen-bond donors (Lipinski definition) is 1. The highest BCUT2D eigenvalue weighted by Crippen LogP contribution is 2.13. The van der Waals surface area contributed by atoms with Crippen LogP contribution in [-0.4, -0.2) is 36.5 Å². The number of rotatable bonds is 5. The highest BCUT2D eigenvalue weighted by molar-refractivity contribution is 5.24. The van der Waals surface area contributed by atoms with E-state index in [1.807, 2.05) is 13.2 Å². The zero-order valence-corrected chi connectivity index (χ0v) is 11.2. The zero-order chi connectivity index (χ0) is 13.1. The van der Waals surface area contributed by atoms with Crippen LogP contribution < -0.4 is 5.32 Å². The molecule has 0 aromatic carbocycles. The van der Waals surface area contributed by atoms with Crippen molar-refractivity contribution in [3.63, 3.8) is 0 Å². The van der Waals surface area contributed by atoms with Gasteiger partial charge in [0.25, 0.3) is 0 Å². The zero-order valence-electron chi connectivity index (χ0n) is 11.2. The molecule has 0 aliphatic carbocycles. The van der Waals surface area contributed by atoms with Crippen molar-refractivity contribution in [3.8, 4) is 5.69 Å². The van der Waals surface area contributed by atoms with Gasteiger partial charge in [0.1, 0.15) is 5.69 Å². The van der Waals surface area contributed by atoms with Crippen LogP contribution in [0.1, 0.15) is 32.6 Å². The largest absolute Gasteiger partial charge is 0.307 e. The molecule has 18 heavy (non-hydrogen) atoms. The summed E-state index contributed by atoms with van der Waals surface area (Å²) < 4.78 is 3.44. The van der Waals surface area contributed by atoms with Crippen LogP contribution in [-0.2, 0) is 7.05 Å². The Balaban J connectivity index is 2.17. The third kappa shape index (κ3) is 2.73. The predicted molar refractivity (Wildman–Crippen MR) is 67.2 cm³/mol. The van der Waals surface area contributed by atoms with Crippen molar-refractivity contribution in [1.29, 1.82) is 0 Å². The molecule has 1 atom stereocenters. The molecular weight excluding hydrogens is 230 g/mol. The molecular formula is C11H19N7. The summed E-state index contributed by atoms with van der Waals surface area (Å²) in [6.07, 6.45) is 3.63. The van der Waals surface area contributed by atoms with Gasteiger partial charge >= 0.3 is 0 Å². The van der Waals surface area contributed by atoms with Crippen LogP contribution in [0.3, 0.4) is 0 Å². The van der Waals surface area contributed by atoms with Crippen LogP contribution in [0.2, 0.25) is 0 Å². The van der Waals surface area contributed by atoms with Crippen molar-refractivity contribution < 1.29 is 0 Å². The second kappa shape index (κ2) is 5.26. The molecule has 0 saturated heterocycles. The summed E-state index contributed by atoms with van der Waals surface area (Å²) >= 11 is 0. The molecule has 0 aliphatic heterocycles. The molecule has 0 bridgehead atoms. The summed E-state index contributed by atoms with van der Waals surface area (Å²) in [5, 5.41) is 19.4. The smallest absolute Gasteiger partial charge is 0.173 e. The first kappa shape index (κ1) is 12.7. The SMILES string of the molecule is CC(C)CNC(C)c1nnnn1-c1cnn(C)c1. The van der Waals surface area contributed by atoms with E-state index in [-0.39, 0.29) is 6.04 Å². The van der Waals surface area contributed by atoms with Crippen molar-refractivity contribution in [2.24, 2.45) is 13.0 Å². The lowest BCUT2D eigenvalue weighted by Gasteiger charge is -2.14. The third-order valence-corrected chi connectivity index (χ3v) is 2.65. The van der Waals surface area contributed by atoms with Gasteiger partial charge in [-0.2, -0.15) is 9.78 Å². The molecule has 2 aromatic rings. The van der Waals surface area contributed by atoms with Gasteiger partial charge in [-0.3, -0.25) is 4.68 Å². The molecule has 0 aliphatic rings. The summed E-state index contributed by atoms with van der Waals surface area (Å²) in [5.41, 5.74) is 0.871. The summed E-state index contributed by atoms with van der Waals surface area (Å²) in [4.78, 5) is 0. The van der Waals surface area contributed by atoms with Crippen molar-refractivity contribution >= 4 is 0 Å². The maximum absolute atomic E-state index is 4.13. The van der Waals surface area contributed by atoms with E-state index in [4.69, 9.17) is 0 Å². The molecule has 1 N–H and O–H groups in total. The number of aryl methyl sites for hydroxylation is 1. The van der Waals surface area contributed by atoms with Crippen LogP contribution in [0.25, 0.3) is 5.69 Å². The predicted octanol–water partition coefficient (Wildman–Crippen LogP) is 0.702. The van der Waals surface area contributed by atoms with Crippen molar-refractivity contribution in [3.05, 3.63) is 18.2 Å². The summed E-state index contributed by atoms with van der Waals surface area (Å²) in [6, 6.07) is 0.0996. The van der Waals surface area contributed by atoms with Crippen molar-refractivity contribution in [1.82, 2.24) is 35.3 Å². The lowest BCUT2D eigenvalue weighted by Crippen LogP contribution is -2.25.